The smallest absolute Gasteiger partial charge is 0.251 e. The highest BCUT2D eigenvalue weighted by Crippen LogP contribution is 2.42. The molecule has 1 aromatic carbocycles. The van der Waals surface area contributed by atoms with Crippen LogP contribution in [0.1, 0.15) is 49.9 Å². The lowest BCUT2D eigenvalue weighted by Crippen LogP contribution is -2.57. The van der Waals surface area contributed by atoms with Crippen LogP contribution >= 0.6 is 11.3 Å². The summed E-state index contributed by atoms with van der Waals surface area (Å²) in [5, 5.41) is 3.49. The number of rotatable bonds is 4. The maximum absolute atomic E-state index is 13.8. The number of anilines is 1. The lowest BCUT2D eigenvalue weighted by molar-refractivity contribution is -0.140. The van der Waals surface area contributed by atoms with Crippen LogP contribution in [0.2, 0.25) is 0 Å². The molecule has 1 aromatic heterocycles. The molecule has 3 N–H and O–H groups in total. The molecule has 8 nitrogen and oxygen atoms in total. The monoisotopic (exact) mass is 456 g/mol. The average molecular weight is 457 g/mol. The Labute approximate surface area is 190 Å². The van der Waals surface area contributed by atoms with E-state index in [1.54, 1.807) is 23.1 Å². The number of thiazole rings is 1. The maximum atomic E-state index is 13.8. The number of Topliss-reactive ketones (excluding diaryl/α,β-unsaturated/α-hetero) is 1. The van der Waals surface area contributed by atoms with Crippen molar-refractivity contribution in [3.63, 3.8) is 0 Å². The zero-order chi connectivity index (χ0) is 22.6. The van der Waals surface area contributed by atoms with Gasteiger partial charge in [0.1, 0.15) is 18.7 Å². The Hall–Kier alpha value is -2.52. The summed E-state index contributed by atoms with van der Waals surface area (Å²) in [7, 11) is 0. The fourth-order valence-corrected chi connectivity index (χ4v) is 6.36. The number of carbonyl (C=O) groups is 3. The third kappa shape index (κ3) is 3.47. The van der Waals surface area contributed by atoms with Crippen LogP contribution in [-0.2, 0) is 14.3 Å². The fraction of sp³-hybridized carbons (Fsp3) is 0.565. The van der Waals surface area contributed by atoms with Crippen LogP contribution < -0.4 is 11.1 Å². The standard InChI is InChI=1S/C23H28N4O4S/c1-12-10-27(17-15(28)11-31-18(12)17)21(30)19(23(2)7-3-4-8-23)26-20(29)13-5-6-14-16(9-13)32-22(24)25-14/h5-6,9,12,17-19H,3-4,7-8,10-11H2,1-2H3,(H2,24,25)(H,26,29)/t12-,17+,18+,19+/m0/s1. The fourth-order valence-electron chi connectivity index (χ4n) is 5.59. The van der Waals surface area contributed by atoms with Crippen LogP contribution in [0.25, 0.3) is 10.2 Å². The van der Waals surface area contributed by atoms with Crippen LogP contribution in [0.5, 0.6) is 0 Å². The van der Waals surface area contributed by atoms with Crippen LogP contribution in [0.3, 0.4) is 0 Å². The van der Waals surface area contributed by atoms with Gasteiger partial charge in [0.2, 0.25) is 5.91 Å². The molecule has 0 unspecified atom stereocenters. The summed E-state index contributed by atoms with van der Waals surface area (Å²) < 4.78 is 6.49. The van der Waals surface area contributed by atoms with Gasteiger partial charge in [-0.3, -0.25) is 14.4 Å². The van der Waals surface area contributed by atoms with Crippen molar-refractivity contribution in [3.8, 4) is 0 Å². The predicted molar refractivity (Wildman–Crippen MR) is 121 cm³/mol. The number of hydrogen-bond acceptors (Lipinski definition) is 7. The summed E-state index contributed by atoms with van der Waals surface area (Å²) in [5.74, 6) is -0.447. The van der Waals surface area contributed by atoms with Crippen molar-refractivity contribution in [2.24, 2.45) is 11.3 Å². The molecule has 1 aliphatic carbocycles. The summed E-state index contributed by atoms with van der Waals surface area (Å²) in [6, 6.07) is 4.00. The Bertz CT molecular complexity index is 1090. The number of ketones is 1. The van der Waals surface area contributed by atoms with Gasteiger partial charge in [-0.05, 0) is 36.5 Å². The second-order valence-corrected chi connectivity index (χ2v) is 10.7. The normalized spacial score (nSPS) is 27.6. The number of amides is 2. The van der Waals surface area contributed by atoms with Crippen LogP contribution in [-0.4, -0.2) is 58.8 Å². The maximum Gasteiger partial charge on any atom is 0.251 e. The van der Waals surface area contributed by atoms with Crippen molar-refractivity contribution in [2.75, 3.05) is 18.9 Å². The number of hydrogen-bond donors (Lipinski definition) is 2. The molecule has 2 amide bonds. The van der Waals surface area contributed by atoms with Gasteiger partial charge in [-0.2, -0.15) is 0 Å². The Balaban J connectivity index is 1.44. The molecule has 2 aromatic rings. The number of nitrogens with two attached hydrogens (primary N) is 1. The van der Waals surface area contributed by atoms with Gasteiger partial charge in [0.15, 0.2) is 10.9 Å². The van der Waals surface area contributed by atoms with E-state index in [-0.39, 0.29) is 41.6 Å². The third-order valence-electron chi connectivity index (χ3n) is 7.36. The van der Waals surface area contributed by atoms with E-state index >= 15 is 0 Å². The molecule has 9 heteroatoms. The number of likely N-dealkylation sites (tertiary alicyclic amines) is 1. The van der Waals surface area contributed by atoms with Crippen molar-refractivity contribution in [1.82, 2.24) is 15.2 Å². The number of nitrogens with zero attached hydrogens (tertiary/aromatic N) is 2. The molecule has 32 heavy (non-hydrogen) atoms. The first-order chi connectivity index (χ1) is 15.3. The minimum absolute atomic E-state index is 0.0513. The third-order valence-corrected chi connectivity index (χ3v) is 8.20. The molecule has 2 aliphatic heterocycles. The molecule has 1 saturated carbocycles. The molecular formula is C23H28N4O4S. The van der Waals surface area contributed by atoms with Gasteiger partial charge in [0.25, 0.3) is 5.91 Å². The van der Waals surface area contributed by atoms with Crippen molar-refractivity contribution in [1.29, 1.82) is 0 Å². The van der Waals surface area contributed by atoms with E-state index in [1.165, 1.54) is 11.3 Å². The number of nitrogens with one attached hydrogen (secondary N) is 1. The highest BCUT2D eigenvalue weighted by molar-refractivity contribution is 7.22. The number of fused-ring (bicyclic) bond motifs is 2. The van der Waals surface area contributed by atoms with E-state index in [0.717, 1.165) is 35.9 Å². The summed E-state index contributed by atoms with van der Waals surface area (Å²) in [6.07, 6.45) is 3.50. The Kier molecular flexibility index (Phi) is 5.21. The van der Waals surface area contributed by atoms with E-state index in [0.29, 0.717) is 17.2 Å². The lowest BCUT2D eigenvalue weighted by atomic mass is 9.79. The van der Waals surface area contributed by atoms with Crippen molar-refractivity contribution >= 4 is 44.3 Å². The molecule has 170 valence electrons. The van der Waals surface area contributed by atoms with Crippen molar-refractivity contribution in [3.05, 3.63) is 23.8 Å². The predicted octanol–water partition coefficient (Wildman–Crippen LogP) is 2.37. The zero-order valence-electron chi connectivity index (χ0n) is 18.3. The highest BCUT2D eigenvalue weighted by atomic mass is 32.1. The molecule has 0 spiro atoms. The van der Waals surface area contributed by atoms with E-state index in [2.05, 4.69) is 17.2 Å². The average Bonchev–Trinajstić information content (AvgIpc) is 3.51. The number of ether oxygens (including phenoxy) is 1. The summed E-state index contributed by atoms with van der Waals surface area (Å²) >= 11 is 1.32. The Morgan fingerprint density at radius 3 is 2.84 bits per heavy atom. The zero-order valence-corrected chi connectivity index (χ0v) is 19.1. The molecule has 5 rings (SSSR count). The van der Waals surface area contributed by atoms with Gasteiger partial charge in [-0.25, -0.2) is 4.98 Å². The minimum Gasteiger partial charge on any atom is -0.375 e. The van der Waals surface area contributed by atoms with Crippen LogP contribution in [0.4, 0.5) is 5.13 Å². The number of benzene rings is 1. The first kappa shape index (κ1) is 21.3. The Morgan fingerprint density at radius 1 is 1.34 bits per heavy atom. The van der Waals surface area contributed by atoms with E-state index in [1.807, 2.05) is 6.92 Å². The first-order valence-corrected chi connectivity index (χ1v) is 12.0. The van der Waals surface area contributed by atoms with Crippen molar-refractivity contribution in [2.45, 2.75) is 57.7 Å². The van der Waals surface area contributed by atoms with Crippen molar-refractivity contribution < 1.29 is 19.1 Å². The lowest BCUT2D eigenvalue weighted by Gasteiger charge is -2.37. The second kappa shape index (κ2) is 7.81. The summed E-state index contributed by atoms with van der Waals surface area (Å²) in [4.78, 5) is 45.5. The summed E-state index contributed by atoms with van der Waals surface area (Å²) in [6.45, 7) is 4.59. The molecule has 0 radical (unpaired) electrons. The van der Waals surface area contributed by atoms with Gasteiger partial charge in [-0.15, -0.1) is 0 Å². The number of carbonyl (C=O) groups excluding carboxylic acids is 3. The molecule has 0 bridgehead atoms. The molecule has 4 atom stereocenters. The van der Waals surface area contributed by atoms with E-state index in [4.69, 9.17) is 10.5 Å². The molecule has 2 saturated heterocycles. The molecule has 3 fully saturated rings. The number of aromatic nitrogens is 1. The second-order valence-electron chi connectivity index (χ2n) is 9.66. The van der Waals surface area contributed by atoms with Gasteiger partial charge in [-0.1, -0.05) is 38.0 Å². The van der Waals surface area contributed by atoms with E-state index < -0.39 is 12.1 Å². The van der Waals surface area contributed by atoms with E-state index in [9.17, 15) is 14.4 Å². The highest BCUT2D eigenvalue weighted by Gasteiger charge is 2.54. The Morgan fingerprint density at radius 2 is 2.09 bits per heavy atom. The summed E-state index contributed by atoms with van der Waals surface area (Å²) in [5.41, 5.74) is 6.65. The van der Waals surface area contributed by atoms with Gasteiger partial charge in [0.05, 0.1) is 16.3 Å². The minimum atomic E-state index is -0.695. The molecular weight excluding hydrogens is 428 g/mol. The SMILES string of the molecule is C[C@H]1CN(C(=O)[C@@H](NC(=O)c2ccc3nc(N)sc3c2)C2(C)CCCC2)[C@@H]2C(=O)CO[C@@H]21. The first-order valence-electron chi connectivity index (χ1n) is 11.2. The van der Waals surface area contributed by atoms with Gasteiger partial charge < -0.3 is 20.7 Å². The van der Waals surface area contributed by atoms with Gasteiger partial charge >= 0.3 is 0 Å². The van der Waals surface area contributed by atoms with Crippen LogP contribution in [0, 0.1) is 11.3 Å². The van der Waals surface area contributed by atoms with Crippen LogP contribution in [0.15, 0.2) is 18.2 Å². The topological polar surface area (TPSA) is 115 Å². The quantitative estimate of drug-likeness (QED) is 0.730. The van der Waals surface area contributed by atoms with Gasteiger partial charge in [0, 0.05) is 18.0 Å². The number of nitrogen functional groups attached to an aromatic ring is 1. The molecule has 3 heterocycles. The largest absolute Gasteiger partial charge is 0.375 e. The molecule has 3 aliphatic rings.